The molecule has 3 heterocycles. The van der Waals surface area contributed by atoms with Crippen molar-refractivity contribution in [3.05, 3.63) is 59.5 Å². The summed E-state index contributed by atoms with van der Waals surface area (Å²) >= 11 is 0. The molecule has 3 rings (SSSR count). The average Bonchev–Trinajstić information content (AvgIpc) is 2.91. The lowest BCUT2D eigenvalue weighted by molar-refractivity contribution is 0.389. The zero-order chi connectivity index (χ0) is 17.1. The molecule has 0 amide bonds. The molecule has 2 aliphatic rings. The van der Waals surface area contributed by atoms with Crippen molar-refractivity contribution in [2.24, 2.45) is 15.7 Å². The Morgan fingerprint density at radius 1 is 1.54 bits per heavy atom. The standard InChI is InChI=1S/C18H20FN5/c1-12-18-13(4-3-5-22-18)10-24(12)11-17-16(19)6-14(9-23-17)15(7-20)8-21-2/h4,6-9H,1,3,5,10-11,20H2,2H3. The fraction of sp³-hybridized carbons (Fsp3) is 0.278. The minimum atomic E-state index is -0.366. The van der Waals surface area contributed by atoms with Gasteiger partial charge in [-0.25, -0.2) is 4.39 Å². The Balaban J connectivity index is 1.80. The molecule has 1 aromatic rings. The number of hydrogen-bond acceptors (Lipinski definition) is 5. The Hall–Kier alpha value is -2.76. The fourth-order valence-corrected chi connectivity index (χ4v) is 2.91. The van der Waals surface area contributed by atoms with Crippen LogP contribution >= 0.6 is 0 Å². The third-order valence-corrected chi connectivity index (χ3v) is 4.15. The lowest BCUT2D eigenvalue weighted by Gasteiger charge is -2.18. The van der Waals surface area contributed by atoms with Crippen LogP contribution in [0.1, 0.15) is 17.7 Å². The molecule has 6 heteroatoms. The van der Waals surface area contributed by atoms with Crippen LogP contribution < -0.4 is 5.73 Å². The number of nitrogens with two attached hydrogens (primary N) is 1. The largest absolute Gasteiger partial charge is 0.404 e. The van der Waals surface area contributed by atoms with Gasteiger partial charge in [0.05, 0.1) is 23.6 Å². The number of fused-ring (bicyclic) bond motifs is 1. The van der Waals surface area contributed by atoms with E-state index in [9.17, 15) is 4.39 Å². The minimum absolute atomic E-state index is 0.366. The Bertz CT molecular complexity index is 789. The highest BCUT2D eigenvalue weighted by Gasteiger charge is 2.28. The normalized spacial score (nSPS) is 18.0. The molecule has 2 aliphatic heterocycles. The Morgan fingerprint density at radius 2 is 2.38 bits per heavy atom. The molecule has 1 saturated heterocycles. The van der Waals surface area contributed by atoms with Crippen LogP contribution in [0, 0.1) is 5.82 Å². The molecule has 5 nitrogen and oxygen atoms in total. The van der Waals surface area contributed by atoms with E-state index < -0.39 is 0 Å². The molecule has 0 saturated carbocycles. The highest BCUT2D eigenvalue weighted by molar-refractivity contribution is 6.14. The van der Waals surface area contributed by atoms with Gasteiger partial charge in [0.1, 0.15) is 5.82 Å². The molecule has 0 radical (unpaired) electrons. The topological polar surface area (TPSA) is 66.9 Å². The Morgan fingerprint density at radius 3 is 3.04 bits per heavy atom. The lowest BCUT2D eigenvalue weighted by Crippen LogP contribution is -2.19. The first-order valence-electron chi connectivity index (χ1n) is 7.81. The molecule has 0 aliphatic carbocycles. The summed E-state index contributed by atoms with van der Waals surface area (Å²) < 4.78 is 14.5. The van der Waals surface area contributed by atoms with E-state index in [1.165, 1.54) is 17.8 Å². The zero-order valence-corrected chi connectivity index (χ0v) is 13.7. The van der Waals surface area contributed by atoms with E-state index in [1.54, 1.807) is 19.5 Å². The van der Waals surface area contributed by atoms with Crippen LogP contribution in [0.3, 0.4) is 0 Å². The van der Waals surface area contributed by atoms with Crippen molar-refractivity contribution >= 4 is 17.5 Å². The summed E-state index contributed by atoms with van der Waals surface area (Å²) in [6.45, 7) is 5.95. The van der Waals surface area contributed by atoms with Crippen LogP contribution in [0.25, 0.3) is 5.57 Å². The second-order valence-electron chi connectivity index (χ2n) is 5.71. The number of hydrogen-bond donors (Lipinski definition) is 1. The van der Waals surface area contributed by atoms with Gasteiger partial charge >= 0.3 is 0 Å². The van der Waals surface area contributed by atoms with Crippen LogP contribution in [0.15, 0.2) is 52.4 Å². The first-order valence-corrected chi connectivity index (χ1v) is 7.81. The summed E-state index contributed by atoms with van der Waals surface area (Å²) in [5, 5.41) is 0. The summed E-state index contributed by atoms with van der Waals surface area (Å²) in [5.74, 6) is -0.366. The minimum Gasteiger partial charge on any atom is -0.404 e. The quantitative estimate of drug-likeness (QED) is 0.864. The molecule has 0 spiro atoms. The first-order chi connectivity index (χ1) is 11.6. The number of aliphatic imine (C=N–C) groups is 2. The maximum atomic E-state index is 14.5. The van der Waals surface area contributed by atoms with E-state index in [0.29, 0.717) is 29.9 Å². The summed E-state index contributed by atoms with van der Waals surface area (Å²) in [7, 11) is 1.64. The number of dihydropyridines is 1. The number of allylic oxidation sites excluding steroid dienone is 2. The SMILES string of the molecule is C=C1C2=NCCC=C2CN1Cc1ncc(C(C=NC)=CN)cc1F. The highest BCUT2D eigenvalue weighted by atomic mass is 19.1. The average molecular weight is 325 g/mol. The second kappa shape index (κ2) is 6.78. The van der Waals surface area contributed by atoms with Gasteiger partial charge in [0.25, 0.3) is 0 Å². The summed E-state index contributed by atoms with van der Waals surface area (Å²) in [6, 6.07) is 1.44. The van der Waals surface area contributed by atoms with Gasteiger partial charge in [0.2, 0.25) is 0 Å². The van der Waals surface area contributed by atoms with Gasteiger partial charge < -0.3 is 10.6 Å². The van der Waals surface area contributed by atoms with Crippen LogP contribution in [0.2, 0.25) is 0 Å². The van der Waals surface area contributed by atoms with E-state index in [-0.39, 0.29) is 5.82 Å². The van der Waals surface area contributed by atoms with Crippen molar-refractivity contribution in [3.63, 3.8) is 0 Å². The van der Waals surface area contributed by atoms with Crippen molar-refractivity contribution in [1.82, 2.24) is 9.88 Å². The van der Waals surface area contributed by atoms with Gasteiger partial charge in [0.15, 0.2) is 0 Å². The molecule has 0 unspecified atom stereocenters. The van der Waals surface area contributed by atoms with E-state index in [2.05, 4.69) is 27.6 Å². The number of rotatable bonds is 4. The fourth-order valence-electron chi connectivity index (χ4n) is 2.91. The Labute approximate surface area is 140 Å². The Kier molecular flexibility index (Phi) is 4.55. The molecule has 124 valence electrons. The first kappa shape index (κ1) is 16.1. The number of halogens is 1. The summed E-state index contributed by atoms with van der Waals surface area (Å²) in [6.07, 6.45) is 7.72. The zero-order valence-electron chi connectivity index (χ0n) is 13.7. The van der Waals surface area contributed by atoms with Crippen LogP contribution in [-0.4, -0.2) is 41.9 Å². The van der Waals surface area contributed by atoms with Gasteiger partial charge in [-0.3, -0.25) is 15.0 Å². The van der Waals surface area contributed by atoms with Crippen molar-refractivity contribution < 1.29 is 4.39 Å². The number of likely N-dealkylation sites (tertiary alicyclic amines) is 1. The second-order valence-corrected chi connectivity index (χ2v) is 5.71. The molecule has 0 atom stereocenters. The van der Waals surface area contributed by atoms with Gasteiger partial charge in [-0.15, -0.1) is 0 Å². The third kappa shape index (κ3) is 2.99. The van der Waals surface area contributed by atoms with Gasteiger partial charge in [0, 0.05) is 49.9 Å². The van der Waals surface area contributed by atoms with Crippen LogP contribution in [0.5, 0.6) is 0 Å². The van der Waals surface area contributed by atoms with Gasteiger partial charge in [-0.1, -0.05) is 12.7 Å². The summed E-state index contributed by atoms with van der Waals surface area (Å²) in [5.41, 5.74) is 10.1. The number of pyridine rings is 1. The number of nitrogens with zero attached hydrogens (tertiary/aromatic N) is 4. The molecular formula is C18H20FN5. The highest BCUT2D eigenvalue weighted by Crippen LogP contribution is 2.27. The number of aromatic nitrogens is 1. The molecule has 1 aromatic heterocycles. The molecular weight excluding hydrogens is 305 g/mol. The van der Waals surface area contributed by atoms with E-state index >= 15 is 0 Å². The molecule has 0 aromatic carbocycles. The van der Waals surface area contributed by atoms with Gasteiger partial charge in [-0.05, 0) is 18.1 Å². The van der Waals surface area contributed by atoms with E-state index in [0.717, 1.165) is 24.4 Å². The molecule has 24 heavy (non-hydrogen) atoms. The smallest absolute Gasteiger partial charge is 0.147 e. The van der Waals surface area contributed by atoms with Crippen molar-refractivity contribution in [3.8, 4) is 0 Å². The predicted octanol–water partition coefficient (Wildman–Crippen LogP) is 2.32. The van der Waals surface area contributed by atoms with Crippen LogP contribution in [0.4, 0.5) is 4.39 Å². The molecule has 1 fully saturated rings. The third-order valence-electron chi connectivity index (χ3n) is 4.15. The molecule has 2 N–H and O–H groups in total. The van der Waals surface area contributed by atoms with Gasteiger partial charge in [-0.2, -0.15) is 0 Å². The van der Waals surface area contributed by atoms with E-state index in [1.807, 2.05) is 4.90 Å². The summed E-state index contributed by atoms with van der Waals surface area (Å²) in [4.78, 5) is 14.7. The van der Waals surface area contributed by atoms with Crippen molar-refractivity contribution in [2.75, 3.05) is 20.1 Å². The van der Waals surface area contributed by atoms with Crippen molar-refractivity contribution in [1.29, 1.82) is 0 Å². The van der Waals surface area contributed by atoms with E-state index in [4.69, 9.17) is 5.73 Å². The van der Waals surface area contributed by atoms with Crippen molar-refractivity contribution in [2.45, 2.75) is 13.0 Å². The lowest BCUT2D eigenvalue weighted by atomic mass is 10.1. The maximum Gasteiger partial charge on any atom is 0.147 e. The predicted molar refractivity (Wildman–Crippen MR) is 95.3 cm³/mol. The monoisotopic (exact) mass is 325 g/mol. The molecule has 0 bridgehead atoms. The van der Waals surface area contributed by atoms with Crippen LogP contribution in [-0.2, 0) is 6.54 Å². The maximum absolute atomic E-state index is 14.5.